The summed E-state index contributed by atoms with van der Waals surface area (Å²) in [5.41, 5.74) is -2.05. The SMILES string of the molecule is CCOC(=O)C(=CNc1ccc(F)cn1)C(=O)c1cc(F)c(F)c(F)c1F. The first-order valence-corrected chi connectivity index (χ1v) is 7.39. The molecule has 0 aliphatic carbocycles. The number of pyridine rings is 1. The van der Waals surface area contributed by atoms with E-state index in [0.717, 1.165) is 24.5 Å². The predicted molar refractivity (Wildman–Crippen MR) is 83.1 cm³/mol. The van der Waals surface area contributed by atoms with Gasteiger partial charge in [-0.1, -0.05) is 0 Å². The molecule has 27 heavy (non-hydrogen) atoms. The van der Waals surface area contributed by atoms with Gasteiger partial charge in [0.25, 0.3) is 0 Å². The highest BCUT2D eigenvalue weighted by molar-refractivity contribution is 6.24. The van der Waals surface area contributed by atoms with E-state index in [9.17, 15) is 31.5 Å². The second-order valence-corrected chi connectivity index (χ2v) is 4.96. The van der Waals surface area contributed by atoms with E-state index in [2.05, 4.69) is 15.0 Å². The number of ether oxygens (including phenoxy) is 1. The van der Waals surface area contributed by atoms with Crippen LogP contribution in [0, 0.1) is 29.1 Å². The van der Waals surface area contributed by atoms with Crippen LogP contribution in [0.1, 0.15) is 17.3 Å². The number of halogens is 5. The zero-order chi connectivity index (χ0) is 20.1. The van der Waals surface area contributed by atoms with Gasteiger partial charge in [0.1, 0.15) is 17.2 Å². The van der Waals surface area contributed by atoms with E-state index in [1.807, 2.05) is 0 Å². The van der Waals surface area contributed by atoms with Crippen molar-refractivity contribution in [2.45, 2.75) is 6.92 Å². The van der Waals surface area contributed by atoms with Crippen LogP contribution in [0.15, 0.2) is 36.2 Å². The van der Waals surface area contributed by atoms with Gasteiger partial charge in [-0.05, 0) is 25.1 Å². The molecule has 0 spiro atoms. The van der Waals surface area contributed by atoms with Crippen molar-refractivity contribution in [1.82, 2.24) is 4.98 Å². The molecule has 0 saturated heterocycles. The Balaban J connectivity index is 2.45. The number of ketones is 1. The van der Waals surface area contributed by atoms with Gasteiger partial charge in [-0.15, -0.1) is 0 Å². The van der Waals surface area contributed by atoms with Crippen LogP contribution in [0.4, 0.5) is 27.8 Å². The Morgan fingerprint density at radius 1 is 1.11 bits per heavy atom. The summed E-state index contributed by atoms with van der Waals surface area (Å²) >= 11 is 0. The van der Waals surface area contributed by atoms with Gasteiger partial charge in [0.2, 0.25) is 5.78 Å². The van der Waals surface area contributed by atoms with Gasteiger partial charge in [0.15, 0.2) is 23.3 Å². The second-order valence-electron chi connectivity index (χ2n) is 4.96. The molecule has 1 aromatic carbocycles. The van der Waals surface area contributed by atoms with E-state index in [0.29, 0.717) is 0 Å². The third-order valence-electron chi connectivity index (χ3n) is 3.18. The Bertz CT molecular complexity index is 914. The van der Waals surface area contributed by atoms with Crippen molar-refractivity contribution in [2.75, 3.05) is 11.9 Å². The molecule has 1 N–H and O–H groups in total. The molecule has 0 bridgehead atoms. The number of carbonyl (C=O) groups is 2. The zero-order valence-electron chi connectivity index (χ0n) is 13.7. The van der Waals surface area contributed by atoms with Crippen molar-refractivity contribution in [1.29, 1.82) is 0 Å². The predicted octanol–water partition coefficient (Wildman–Crippen LogP) is 3.52. The lowest BCUT2D eigenvalue weighted by Crippen LogP contribution is -2.20. The fraction of sp³-hybridized carbons (Fsp3) is 0.118. The molecule has 0 unspecified atom stereocenters. The van der Waals surface area contributed by atoms with Crippen LogP contribution in [0.2, 0.25) is 0 Å². The minimum absolute atomic E-state index is 0.00272. The van der Waals surface area contributed by atoms with Gasteiger partial charge >= 0.3 is 5.97 Å². The van der Waals surface area contributed by atoms with E-state index in [1.165, 1.54) is 6.92 Å². The summed E-state index contributed by atoms with van der Waals surface area (Å²) in [6.45, 7) is 1.26. The maximum Gasteiger partial charge on any atom is 0.343 e. The van der Waals surface area contributed by atoms with Crippen LogP contribution >= 0.6 is 0 Å². The molecule has 0 atom stereocenters. The molecule has 0 aliphatic rings. The topological polar surface area (TPSA) is 68.3 Å². The summed E-state index contributed by atoms with van der Waals surface area (Å²) in [5.74, 6) is -11.4. The highest BCUT2D eigenvalue weighted by atomic mass is 19.2. The quantitative estimate of drug-likeness (QED) is 0.120. The van der Waals surface area contributed by atoms with Crippen LogP contribution in [-0.2, 0) is 9.53 Å². The van der Waals surface area contributed by atoms with Crippen molar-refractivity contribution >= 4 is 17.6 Å². The third kappa shape index (κ3) is 4.46. The molecule has 0 saturated carbocycles. The average molecular weight is 386 g/mol. The lowest BCUT2D eigenvalue weighted by molar-refractivity contribution is -0.138. The number of benzene rings is 1. The van der Waals surface area contributed by atoms with Crippen LogP contribution in [0.25, 0.3) is 0 Å². The van der Waals surface area contributed by atoms with Crippen molar-refractivity contribution in [2.24, 2.45) is 0 Å². The monoisotopic (exact) mass is 386 g/mol. The molecule has 142 valence electrons. The average Bonchev–Trinajstić information content (AvgIpc) is 2.64. The number of esters is 1. The molecule has 1 aromatic heterocycles. The molecule has 1 heterocycles. The maximum atomic E-state index is 13.9. The number of carbonyl (C=O) groups excluding carboxylic acids is 2. The lowest BCUT2D eigenvalue weighted by atomic mass is 10.0. The first kappa shape index (κ1) is 20.0. The van der Waals surface area contributed by atoms with E-state index in [4.69, 9.17) is 0 Å². The van der Waals surface area contributed by atoms with Crippen LogP contribution < -0.4 is 5.32 Å². The number of hydrogen-bond donors (Lipinski definition) is 1. The summed E-state index contributed by atoms with van der Waals surface area (Å²) in [6.07, 6.45) is 1.59. The second kappa shape index (κ2) is 8.39. The van der Waals surface area contributed by atoms with Crippen LogP contribution in [-0.4, -0.2) is 23.3 Å². The summed E-state index contributed by atoms with van der Waals surface area (Å²) in [5, 5.41) is 2.38. The largest absolute Gasteiger partial charge is 0.462 e. The van der Waals surface area contributed by atoms with E-state index < -0.39 is 52.0 Å². The van der Waals surface area contributed by atoms with E-state index in [-0.39, 0.29) is 18.5 Å². The summed E-state index contributed by atoms with van der Waals surface area (Å²) in [4.78, 5) is 28.0. The first-order valence-electron chi connectivity index (χ1n) is 7.39. The van der Waals surface area contributed by atoms with Crippen LogP contribution in [0.3, 0.4) is 0 Å². The van der Waals surface area contributed by atoms with Crippen molar-refractivity contribution in [3.8, 4) is 0 Å². The van der Waals surface area contributed by atoms with Gasteiger partial charge in [0.05, 0.1) is 18.4 Å². The molecule has 2 aromatic rings. The number of Topliss-reactive ketones (excluding diaryl/α,β-unsaturated/α-hetero) is 1. The smallest absolute Gasteiger partial charge is 0.343 e. The molecule has 0 radical (unpaired) electrons. The Morgan fingerprint density at radius 3 is 2.41 bits per heavy atom. The third-order valence-corrected chi connectivity index (χ3v) is 3.18. The van der Waals surface area contributed by atoms with E-state index in [1.54, 1.807) is 0 Å². The van der Waals surface area contributed by atoms with Gasteiger partial charge < -0.3 is 10.1 Å². The molecule has 2 rings (SSSR count). The number of aromatic nitrogens is 1. The molecular weight excluding hydrogens is 375 g/mol. The Hall–Kier alpha value is -3.30. The Kier molecular flexibility index (Phi) is 6.22. The van der Waals surface area contributed by atoms with E-state index >= 15 is 0 Å². The first-order chi connectivity index (χ1) is 12.8. The Morgan fingerprint density at radius 2 is 1.81 bits per heavy atom. The fourth-order valence-corrected chi connectivity index (χ4v) is 1.92. The number of nitrogens with zero attached hydrogens (tertiary/aromatic N) is 1. The lowest BCUT2D eigenvalue weighted by Gasteiger charge is -2.09. The Labute approximate surface area is 149 Å². The maximum absolute atomic E-state index is 13.9. The zero-order valence-corrected chi connectivity index (χ0v) is 13.7. The molecular formula is C17H11F5N2O3. The fourth-order valence-electron chi connectivity index (χ4n) is 1.92. The summed E-state index contributed by atoms with van der Waals surface area (Å²) in [6, 6.07) is 2.32. The summed E-state index contributed by atoms with van der Waals surface area (Å²) in [7, 11) is 0. The van der Waals surface area contributed by atoms with Gasteiger partial charge in [-0.3, -0.25) is 4.79 Å². The minimum Gasteiger partial charge on any atom is -0.462 e. The van der Waals surface area contributed by atoms with Crippen LogP contribution in [0.5, 0.6) is 0 Å². The molecule has 0 aliphatic heterocycles. The number of nitrogens with one attached hydrogen (secondary N) is 1. The number of hydrogen-bond acceptors (Lipinski definition) is 5. The van der Waals surface area contributed by atoms with Gasteiger partial charge in [-0.25, -0.2) is 31.7 Å². The van der Waals surface area contributed by atoms with Crippen molar-refractivity contribution in [3.63, 3.8) is 0 Å². The van der Waals surface area contributed by atoms with Gasteiger partial charge in [-0.2, -0.15) is 0 Å². The normalized spacial score (nSPS) is 11.3. The highest BCUT2D eigenvalue weighted by Gasteiger charge is 2.28. The van der Waals surface area contributed by atoms with Crippen molar-refractivity contribution < 1.29 is 36.3 Å². The number of anilines is 1. The highest BCUT2D eigenvalue weighted by Crippen LogP contribution is 2.22. The minimum atomic E-state index is -2.20. The van der Waals surface area contributed by atoms with Crippen molar-refractivity contribution in [3.05, 3.63) is 70.8 Å². The molecule has 5 nitrogen and oxygen atoms in total. The molecule has 0 amide bonds. The number of rotatable bonds is 6. The van der Waals surface area contributed by atoms with Gasteiger partial charge in [0, 0.05) is 6.20 Å². The molecule has 10 heteroatoms. The summed E-state index contributed by atoms with van der Waals surface area (Å²) < 4.78 is 71.1. The standard InChI is InChI=1S/C17H11F5N2O3/c1-2-27-17(26)10(7-24-12-4-3-8(18)6-23-12)16(25)9-5-11(19)14(21)15(22)13(9)20/h3-7H,2H2,1H3,(H,23,24). The molecule has 0 fully saturated rings.